The van der Waals surface area contributed by atoms with Crippen LogP contribution in [0.5, 0.6) is 0 Å². The molecular formula is C11H14F2N2O2S. The Balaban J connectivity index is 0.00000137. The Labute approximate surface area is 108 Å². The third-order valence-electron chi connectivity index (χ3n) is 1.56. The molecule has 0 fully saturated rings. The number of carbonyl (C=O) groups is 1. The van der Waals surface area contributed by atoms with E-state index in [9.17, 15) is 13.6 Å². The van der Waals surface area contributed by atoms with Crippen LogP contribution >= 0.6 is 11.3 Å². The summed E-state index contributed by atoms with van der Waals surface area (Å²) in [6.45, 7) is 4.57. The van der Waals surface area contributed by atoms with E-state index in [0.29, 0.717) is 16.2 Å². The van der Waals surface area contributed by atoms with E-state index in [0.717, 1.165) is 11.3 Å². The number of aromatic nitrogens is 1. The Hall–Kier alpha value is -1.63. The summed E-state index contributed by atoms with van der Waals surface area (Å²) in [4.78, 5) is 18.2. The van der Waals surface area contributed by atoms with Crippen LogP contribution in [0.25, 0.3) is 5.57 Å². The summed E-state index contributed by atoms with van der Waals surface area (Å²) in [6.07, 6.45) is 1.94. The van der Waals surface area contributed by atoms with Crippen molar-refractivity contribution in [1.29, 1.82) is 0 Å². The molecule has 0 atom stereocenters. The van der Waals surface area contributed by atoms with Crippen LogP contribution in [-0.4, -0.2) is 30.8 Å². The monoisotopic (exact) mass is 276 g/mol. The van der Waals surface area contributed by atoms with Gasteiger partial charge >= 0.3 is 6.61 Å². The minimum atomic E-state index is -2.97. The molecule has 100 valence electrons. The molecule has 1 heterocycles. The maximum absolute atomic E-state index is 12.0. The lowest BCUT2D eigenvalue weighted by Gasteiger charge is -2.07. The third-order valence-corrected chi connectivity index (χ3v) is 2.54. The second-order valence-corrected chi connectivity index (χ2v) is 3.63. The number of aliphatic imine (C=N–C) groups is 1. The SMILES string of the molecule is C=C(C(=NC)OC(F)F)c1ncc(C=O)s1.CC. The molecule has 0 amide bonds. The number of carbonyl (C=O) groups excluding carboxylic acids is 1. The molecule has 4 nitrogen and oxygen atoms in total. The third kappa shape index (κ3) is 4.70. The highest BCUT2D eigenvalue weighted by atomic mass is 32.1. The Morgan fingerprint density at radius 3 is 2.61 bits per heavy atom. The van der Waals surface area contributed by atoms with Crippen LogP contribution in [0.15, 0.2) is 17.8 Å². The number of alkyl halides is 2. The van der Waals surface area contributed by atoms with E-state index < -0.39 is 6.61 Å². The highest BCUT2D eigenvalue weighted by Crippen LogP contribution is 2.21. The topological polar surface area (TPSA) is 51.6 Å². The smallest absolute Gasteiger partial charge is 0.388 e. The molecular weight excluding hydrogens is 262 g/mol. The highest BCUT2D eigenvalue weighted by molar-refractivity contribution is 7.14. The predicted octanol–water partition coefficient (Wildman–Crippen LogP) is 3.26. The normalized spacial score (nSPS) is 10.7. The van der Waals surface area contributed by atoms with Gasteiger partial charge in [-0.1, -0.05) is 20.4 Å². The van der Waals surface area contributed by atoms with E-state index in [4.69, 9.17) is 0 Å². The van der Waals surface area contributed by atoms with Crippen molar-refractivity contribution in [3.8, 4) is 0 Å². The Morgan fingerprint density at radius 1 is 1.61 bits per heavy atom. The second kappa shape index (κ2) is 8.46. The van der Waals surface area contributed by atoms with Gasteiger partial charge in [-0.3, -0.25) is 9.79 Å². The van der Waals surface area contributed by atoms with Crippen molar-refractivity contribution in [2.45, 2.75) is 20.5 Å². The molecule has 0 aliphatic heterocycles. The average Bonchev–Trinajstić information content (AvgIpc) is 2.86. The van der Waals surface area contributed by atoms with Crippen LogP contribution in [0.4, 0.5) is 8.78 Å². The lowest BCUT2D eigenvalue weighted by molar-refractivity contribution is -0.0588. The summed E-state index contributed by atoms with van der Waals surface area (Å²) in [7, 11) is 1.30. The van der Waals surface area contributed by atoms with E-state index in [2.05, 4.69) is 21.3 Å². The molecule has 1 aromatic heterocycles. The standard InChI is InChI=1S/C9H8F2N2O2S.C2H6/c1-5(7(12-2)15-9(10)11)8-13-3-6(4-14)16-8;1-2/h3-4,9H,1H2,2H3;1-2H3. The van der Waals surface area contributed by atoms with Gasteiger partial charge in [-0.15, -0.1) is 11.3 Å². The molecule has 0 saturated carbocycles. The fraction of sp³-hybridized carbons (Fsp3) is 0.364. The molecule has 0 N–H and O–H groups in total. The number of thiazole rings is 1. The van der Waals surface area contributed by atoms with Gasteiger partial charge in [-0.2, -0.15) is 8.78 Å². The van der Waals surface area contributed by atoms with Crippen molar-refractivity contribution in [2.24, 2.45) is 4.99 Å². The first kappa shape index (κ1) is 16.4. The lowest BCUT2D eigenvalue weighted by atomic mass is 10.3. The van der Waals surface area contributed by atoms with Crippen molar-refractivity contribution < 1.29 is 18.3 Å². The lowest BCUT2D eigenvalue weighted by Crippen LogP contribution is -2.11. The number of ether oxygens (including phenoxy) is 1. The summed E-state index contributed by atoms with van der Waals surface area (Å²) in [5.41, 5.74) is 0.126. The molecule has 0 saturated heterocycles. The number of rotatable bonds is 4. The minimum Gasteiger partial charge on any atom is -0.417 e. The van der Waals surface area contributed by atoms with Crippen molar-refractivity contribution in [3.63, 3.8) is 0 Å². The average molecular weight is 276 g/mol. The minimum absolute atomic E-state index is 0.126. The molecule has 1 aromatic rings. The van der Waals surface area contributed by atoms with Gasteiger partial charge in [0.15, 0.2) is 6.29 Å². The summed E-state index contributed by atoms with van der Waals surface area (Å²) < 4.78 is 28.2. The molecule has 0 bridgehead atoms. The largest absolute Gasteiger partial charge is 0.417 e. The maximum Gasteiger partial charge on any atom is 0.388 e. The van der Waals surface area contributed by atoms with E-state index in [1.165, 1.54) is 13.2 Å². The van der Waals surface area contributed by atoms with Crippen LogP contribution in [0, 0.1) is 0 Å². The van der Waals surface area contributed by atoms with E-state index in [1.807, 2.05) is 13.8 Å². The predicted molar refractivity (Wildman–Crippen MR) is 68.3 cm³/mol. The molecule has 0 aromatic carbocycles. The molecule has 1 rings (SSSR count). The Bertz CT molecular complexity index is 430. The zero-order valence-corrected chi connectivity index (χ0v) is 11.1. The van der Waals surface area contributed by atoms with E-state index >= 15 is 0 Å². The van der Waals surface area contributed by atoms with Gasteiger partial charge in [-0.05, 0) is 0 Å². The molecule has 0 unspecified atom stereocenters. The van der Waals surface area contributed by atoms with E-state index in [1.54, 1.807) is 0 Å². The summed E-state index contributed by atoms with van der Waals surface area (Å²) in [5.74, 6) is -0.290. The Kier molecular flexibility index (Phi) is 7.69. The fourth-order valence-corrected chi connectivity index (χ4v) is 1.61. The molecule has 0 aliphatic carbocycles. The first-order valence-corrected chi connectivity index (χ1v) is 5.92. The van der Waals surface area contributed by atoms with E-state index in [-0.39, 0.29) is 11.5 Å². The summed E-state index contributed by atoms with van der Waals surface area (Å²) >= 11 is 1.03. The van der Waals surface area contributed by atoms with Crippen LogP contribution in [0.3, 0.4) is 0 Å². The van der Waals surface area contributed by atoms with Crippen molar-refractivity contribution in [2.75, 3.05) is 7.05 Å². The van der Waals surface area contributed by atoms with Gasteiger partial charge in [-0.25, -0.2) is 4.98 Å². The van der Waals surface area contributed by atoms with Crippen molar-refractivity contribution in [1.82, 2.24) is 4.98 Å². The zero-order chi connectivity index (χ0) is 14.1. The first-order valence-electron chi connectivity index (χ1n) is 5.10. The zero-order valence-electron chi connectivity index (χ0n) is 10.3. The molecule has 0 aliphatic rings. The van der Waals surface area contributed by atoms with Gasteiger partial charge in [0, 0.05) is 13.2 Å². The van der Waals surface area contributed by atoms with Crippen LogP contribution in [0.2, 0.25) is 0 Å². The number of hydrogen-bond acceptors (Lipinski definition) is 5. The van der Waals surface area contributed by atoms with Crippen LogP contribution in [0.1, 0.15) is 28.5 Å². The molecule has 0 spiro atoms. The Morgan fingerprint density at radius 2 is 2.22 bits per heavy atom. The van der Waals surface area contributed by atoms with Crippen molar-refractivity contribution in [3.05, 3.63) is 22.7 Å². The van der Waals surface area contributed by atoms with Crippen molar-refractivity contribution >= 4 is 29.1 Å². The fourth-order valence-electron chi connectivity index (χ4n) is 0.915. The second-order valence-electron chi connectivity index (χ2n) is 2.57. The van der Waals surface area contributed by atoms with Crippen LogP contribution < -0.4 is 0 Å². The number of hydrogen-bond donors (Lipinski definition) is 0. The van der Waals surface area contributed by atoms with Gasteiger partial charge in [0.1, 0.15) is 5.01 Å². The van der Waals surface area contributed by atoms with Gasteiger partial charge < -0.3 is 4.74 Å². The number of halogens is 2. The molecule has 7 heteroatoms. The number of nitrogens with zero attached hydrogens (tertiary/aromatic N) is 2. The molecule has 0 radical (unpaired) electrons. The molecule has 18 heavy (non-hydrogen) atoms. The summed E-state index contributed by atoms with van der Waals surface area (Å²) in [5, 5.41) is 0.323. The number of aldehydes is 1. The van der Waals surface area contributed by atoms with Gasteiger partial charge in [0.25, 0.3) is 0 Å². The van der Waals surface area contributed by atoms with Gasteiger partial charge in [0.2, 0.25) is 5.90 Å². The van der Waals surface area contributed by atoms with Gasteiger partial charge in [0.05, 0.1) is 10.5 Å². The van der Waals surface area contributed by atoms with Crippen LogP contribution in [-0.2, 0) is 4.74 Å². The maximum atomic E-state index is 12.0. The quantitative estimate of drug-likeness (QED) is 0.482. The summed E-state index contributed by atoms with van der Waals surface area (Å²) in [6, 6.07) is 0. The first-order chi connectivity index (χ1) is 8.58. The highest BCUT2D eigenvalue weighted by Gasteiger charge is 2.16.